The second-order valence-corrected chi connectivity index (χ2v) is 17.0. The van der Waals surface area contributed by atoms with Crippen LogP contribution in [-0.4, -0.2) is 23.7 Å². The van der Waals surface area contributed by atoms with Crippen molar-refractivity contribution >= 4 is 54.6 Å². The smallest absolute Gasteiger partial charge is 0.145 e. The summed E-state index contributed by atoms with van der Waals surface area (Å²) in [6.07, 6.45) is 1.01. The molecule has 0 aliphatic heterocycles. The first-order chi connectivity index (χ1) is 31.1. The van der Waals surface area contributed by atoms with Gasteiger partial charge in [0.2, 0.25) is 0 Å². The zero-order valence-corrected chi connectivity index (χ0v) is 35.2. The van der Waals surface area contributed by atoms with Crippen molar-refractivity contribution in [3.63, 3.8) is 0 Å². The molecule has 0 aliphatic rings. The van der Waals surface area contributed by atoms with Gasteiger partial charge in [0.25, 0.3) is 0 Å². The molecule has 0 radical (unpaired) electrons. The number of nitrogens with zero attached hydrogens (tertiary/aromatic N) is 5. The molecular formula is C58H43N5. The fraction of sp³-hybridized carbons (Fsp3) is 0.0690. The van der Waals surface area contributed by atoms with Crippen molar-refractivity contribution in [2.24, 2.45) is 5.92 Å². The normalized spacial score (nSPS) is 11.9. The molecule has 0 atom stereocenters. The summed E-state index contributed by atoms with van der Waals surface area (Å²) in [7, 11) is 0. The third-order valence-electron chi connectivity index (χ3n) is 12.4. The number of benzene rings is 8. The van der Waals surface area contributed by atoms with E-state index in [0.29, 0.717) is 5.92 Å². The van der Waals surface area contributed by atoms with Crippen molar-refractivity contribution in [1.29, 1.82) is 0 Å². The van der Waals surface area contributed by atoms with Crippen LogP contribution >= 0.6 is 0 Å². The van der Waals surface area contributed by atoms with E-state index in [4.69, 9.17) is 9.97 Å². The lowest BCUT2D eigenvalue weighted by molar-refractivity contribution is 0.647. The Morgan fingerprint density at radius 1 is 0.365 bits per heavy atom. The zero-order chi connectivity index (χ0) is 42.0. The molecule has 12 rings (SSSR count). The minimum Gasteiger partial charge on any atom is -0.309 e. The van der Waals surface area contributed by atoms with Gasteiger partial charge in [-0.05, 0) is 109 Å². The van der Waals surface area contributed by atoms with Gasteiger partial charge in [-0.2, -0.15) is 0 Å². The monoisotopic (exact) mass is 809 g/mol. The van der Waals surface area contributed by atoms with Crippen molar-refractivity contribution in [3.05, 3.63) is 212 Å². The van der Waals surface area contributed by atoms with Gasteiger partial charge in [0.15, 0.2) is 0 Å². The van der Waals surface area contributed by atoms with Crippen LogP contribution in [0.5, 0.6) is 0 Å². The number of hydrogen-bond donors (Lipinski definition) is 0. The highest BCUT2D eigenvalue weighted by Gasteiger charge is 2.20. The van der Waals surface area contributed by atoms with E-state index in [1.807, 2.05) is 0 Å². The molecule has 5 heteroatoms. The average Bonchev–Trinajstić information content (AvgIpc) is 4.00. The highest BCUT2D eigenvalue weighted by atomic mass is 15.1. The maximum atomic E-state index is 5.41. The summed E-state index contributed by atoms with van der Waals surface area (Å²) < 4.78 is 7.08. The molecule has 0 fully saturated rings. The molecule has 8 aromatic carbocycles. The molecular weight excluding hydrogens is 767 g/mol. The molecule has 0 amide bonds. The third kappa shape index (κ3) is 6.23. The van der Waals surface area contributed by atoms with Crippen LogP contribution in [0.3, 0.4) is 0 Å². The lowest BCUT2D eigenvalue weighted by Gasteiger charge is -2.16. The van der Waals surface area contributed by atoms with Crippen LogP contribution in [0.1, 0.15) is 19.4 Å². The van der Waals surface area contributed by atoms with Gasteiger partial charge in [-0.1, -0.05) is 129 Å². The van der Waals surface area contributed by atoms with Gasteiger partial charge in [0.1, 0.15) is 5.82 Å². The van der Waals surface area contributed by atoms with Crippen molar-refractivity contribution in [2.75, 3.05) is 0 Å². The first kappa shape index (κ1) is 36.8. The molecule has 12 aromatic rings. The van der Waals surface area contributed by atoms with Gasteiger partial charge in [-0.15, -0.1) is 0 Å². The fourth-order valence-corrected chi connectivity index (χ4v) is 9.71. The lowest BCUT2D eigenvalue weighted by atomic mass is 10.0. The summed E-state index contributed by atoms with van der Waals surface area (Å²) >= 11 is 0. The van der Waals surface area contributed by atoms with Crippen molar-refractivity contribution < 1.29 is 0 Å². The maximum absolute atomic E-state index is 5.41. The standard InChI is InChI=1S/C58H43N5/c1-38(2)33-39-27-32-49-48-19-8-12-25-55(48)62(57(49)34-39)45-36-41(35-42(37-45)58-60-52-20-9-13-26-56(52)63(58)43-15-4-3-5-16-43)51-22-14-21-50(59-51)40-28-30-44(31-29-40)61-53-23-10-6-17-46(53)47-18-7-11-24-54(47)61/h3-32,34-38H,33H2,1-2H3. The van der Waals surface area contributed by atoms with E-state index in [9.17, 15) is 0 Å². The first-order valence-corrected chi connectivity index (χ1v) is 21.8. The van der Waals surface area contributed by atoms with Gasteiger partial charge in [0.05, 0.1) is 44.5 Å². The molecule has 0 saturated heterocycles. The Labute approximate surface area is 365 Å². The largest absolute Gasteiger partial charge is 0.309 e. The molecule has 0 bridgehead atoms. The Kier molecular flexibility index (Phi) is 8.68. The van der Waals surface area contributed by atoms with E-state index in [-0.39, 0.29) is 0 Å². The maximum Gasteiger partial charge on any atom is 0.145 e. The molecule has 4 aromatic heterocycles. The highest BCUT2D eigenvalue weighted by Crippen LogP contribution is 2.39. The summed E-state index contributed by atoms with van der Waals surface area (Å²) in [4.78, 5) is 10.8. The second kappa shape index (κ2) is 14.9. The molecule has 0 aliphatic carbocycles. The van der Waals surface area contributed by atoms with Gasteiger partial charge < -0.3 is 9.13 Å². The third-order valence-corrected chi connectivity index (χ3v) is 12.4. The predicted molar refractivity (Wildman–Crippen MR) is 262 cm³/mol. The van der Waals surface area contributed by atoms with Crippen LogP contribution in [0.15, 0.2) is 206 Å². The fourth-order valence-electron chi connectivity index (χ4n) is 9.71. The van der Waals surface area contributed by atoms with E-state index in [2.05, 4.69) is 234 Å². The molecule has 300 valence electrons. The van der Waals surface area contributed by atoms with Crippen LogP contribution in [0.2, 0.25) is 0 Å². The number of hydrogen-bond acceptors (Lipinski definition) is 2. The minimum absolute atomic E-state index is 0.546. The van der Waals surface area contributed by atoms with E-state index < -0.39 is 0 Å². The predicted octanol–water partition coefficient (Wildman–Crippen LogP) is 14.8. The second-order valence-electron chi connectivity index (χ2n) is 17.0. The molecule has 63 heavy (non-hydrogen) atoms. The molecule has 5 nitrogen and oxygen atoms in total. The summed E-state index contributed by atoms with van der Waals surface area (Å²) in [5.41, 5.74) is 16.2. The van der Waals surface area contributed by atoms with Crippen LogP contribution in [0.4, 0.5) is 0 Å². The summed E-state index contributed by atoms with van der Waals surface area (Å²) in [6.45, 7) is 4.57. The number of fused-ring (bicyclic) bond motifs is 7. The Morgan fingerprint density at radius 3 is 1.57 bits per heavy atom. The highest BCUT2D eigenvalue weighted by molar-refractivity contribution is 6.10. The van der Waals surface area contributed by atoms with Gasteiger partial charge in [0, 0.05) is 55.3 Å². The molecule has 0 spiro atoms. The molecule has 0 saturated carbocycles. The summed E-state index contributed by atoms with van der Waals surface area (Å²) in [5, 5.41) is 4.98. The number of aromatic nitrogens is 5. The topological polar surface area (TPSA) is 40.6 Å². The minimum atomic E-state index is 0.546. The first-order valence-electron chi connectivity index (χ1n) is 21.8. The molecule has 0 unspecified atom stereocenters. The van der Waals surface area contributed by atoms with Crippen molar-refractivity contribution in [2.45, 2.75) is 20.3 Å². The SMILES string of the molecule is CC(C)Cc1ccc2c3ccccc3n(-c3cc(-c4cccc(-c5ccc(-n6c7ccccc7c7ccccc76)cc5)n4)cc(-c4nc5ccccc5n4-c4ccccc4)c3)c2c1. The number of pyridine rings is 1. The van der Waals surface area contributed by atoms with Crippen LogP contribution in [-0.2, 0) is 6.42 Å². The van der Waals surface area contributed by atoms with Crippen molar-refractivity contribution in [3.8, 4) is 51.0 Å². The Morgan fingerprint density at radius 2 is 0.905 bits per heavy atom. The zero-order valence-electron chi connectivity index (χ0n) is 35.2. The lowest BCUT2D eigenvalue weighted by Crippen LogP contribution is -2.01. The van der Waals surface area contributed by atoms with Crippen LogP contribution < -0.4 is 0 Å². The Hall–Kier alpha value is -8.02. The molecule has 0 N–H and O–H groups in total. The van der Waals surface area contributed by atoms with Crippen molar-refractivity contribution in [1.82, 2.24) is 23.7 Å². The summed E-state index contributed by atoms with van der Waals surface area (Å²) in [5.74, 6) is 1.42. The number of rotatable bonds is 8. The quantitative estimate of drug-likeness (QED) is 0.153. The molecule has 4 heterocycles. The number of para-hydroxylation sites is 6. The van der Waals surface area contributed by atoms with Crippen LogP contribution in [0.25, 0.3) is 106 Å². The van der Waals surface area contributed by atoms with Gasteiger partial charge in [-0.3, -0.25) is 4.57 Å². The van der Waals surface area contributed by atoms with E-state index in [1.54, 1.807) is 0 Å². The Balaban J connectivity index is 1.05. The average molecular weight is 810 g/mol. The van der Waals surface area contributed by atoms with E-state index in [0.717, 1.165) is 68.4 Å². The number of imidazole rings is 1. The van der Waals surface area contributed by atoms with Gasteiger partial charge in [-0.25, -0.2) is 9.97 Å². The van der Waals surface area contributed by atoms with E-state index in [1.165, 1.54) is 49.2 Å². The van der Waals surface area contributed by atoms with E-state index >= 15 is 0 Å². The van der Waals surface area contributed by atoms with Gasteiger partial charge >= 0.3 is 0 Å². The summed E-state index contributed by atoms with van der Waals surface area (Å²) in [6, 6.07) is 74.1. The Bertz CT molecular complexity index is 3630. The van der Waals surface area contributed by atoms with Crippen LogP contribution in [0, 0.1) is 5.92 Å².